The van der Waals surface area contributed by atoms with Crippen molar-refractivity contribution < 1.29 is 9.90 Å². The first kappa shape index (κ1) is 16.6. The van der Waals surface area contributed by atoms with E-state index in [1.165, 1.54) is 6.42 Å². The summed E-state index contributed by atoms with van der Waals surface area (Å²) in [5.41, 5.74) is -0.518. The molecular weight excluding hydrogens is 288 g/mol. The Labute approximate surface area is 139 Å². The molecule has 1 saturated heterocycles. The first-order chi connectivity index (χ1) is 11.0. The second-order valence-electron chi connectivity index (χ2n) is 7.86. The molecule has 1 saturated carbocycles. The minimum Gasteiger partial charge on any atom is -0.389 e. The number of hydrogen-bond donors (Lipinski definition) is 1. The SMILES string of the molecule is CC(C)CC(C(=O)N1CCC2(O)CCCCC2C1)n1cccc1. The van der Waals surface area contributed by atoms with Crippen molar-refractivity contribution in [3.05, 3.63) is 24.5 Å². The van der Waals surface area contributed by atoms with Crippen LogP contribution in [0.1, 0.15) is 58.4 Å². The van der Waals surface area contributed by atoms with Crippen LogP contribution in [0, 0.1) is 11.8 Å². The number of carbonyl (C=O) groups is 1. The number of amides is 1. The molecule has 2 fully saturated rings. The maximum atomic E-state index is 13.1. The molecule has 3 atom stereocenters. The smallest absolute Gasteiger partial charge is 0.245 e. The van der Waals surface area contributed by atoms with E-state index in [9.17, 15) is 9.90 Å². The Morgan fingerprint density at radius 3 is 2.70 bits per heavy atom. The van der Waals surface area contributed by atoms with Crippen LogP contribution in [0.15, 0.2) is 24.5 Å². The van der Waals surface area contributed by atoms with Crippen LogP contribution in [0.5, 0.6) is 0 Å². The van der Waals surface area contributed by atoms with Crippen molar-refractivity contribution in [3.63, 3.8) is 0 Å². The van der Waals surface area contributed by atoms with Crippen LogP contribution < -0.4 is 0 Å². The van der Waals surface area contributed by atoms with Crippen LogP contribution in [-0.4, -0.2) is 39.2 Å². The lowest BCUT2D eigenvalue weighted by molar-refractivity contribution is -0.147. The van der Waals surface area contributed by atoms with Crippen molar-refractivity contribution in [1.29, 1.82) is 0 Å². The summed E-state index contributed by atoms with van der Waals surface area (Å²) in [5.74, 6) is 0.962. The molecular formula is C19H30N2O2. The Morgan fingerprint density at radius 2 is 2.00 bits per heavy atom. The summed E-state index contributed by atoms with van der Waals surface area (Å²) < 4.78 is 2.05. The van der Waals surface area contributed by atoms with Gasteiger partial charge in [-0.2, -0.15) is 0 Å². The summed E-state index contributed by atoms with van der Waals surface area (Å²) >= 11 is 0. The molecule has 3 unspecified atom stereocenters. The molecule has 0 radical (unpaired) electrons. The fraction of sp³-hybridized carbons (Fsp3) is 0.737. The predicted octanol–water partition coefficient (Wildman–Crippen LogP) is 3.23. The molecule has 3 rings (SSSR count). The van der Waals surface area contributed by atoms with Crippen LogP contribution in [0.2, 0.25) is 0 Å². The lowest BCUT2D eigenvalue weighted by Crippen LogP contribution is -2.55. The van der Waals surface area contributed by atoms with Crippen molar-refractivity contribution in [2.75, 3.05) is 13.1 Å². The van der Waals surface area contributed by atoms with Crippen LogP contribution in [0.25, 0.3) is 0 Å². The molecule has 0 bridgehead atoms. The molecule has 128 valence electrons. The third-order valence-corrected chi connectivity index (χ3v) is 5.71. The Kier molecular flexibility index (Phi) is 4.81. The average Bonchev–Trinajstić information content (AvgIpc) is 3.05. The fourth-order valence-corrected chi connectivity index (χ4v) is 4.33. The molecule has 1 amide bonds. The van der Waals surface area contributed by atoms with Crippen LogP contribution in [-0.2, 0) is 4.79 Å². The van der Waals surface area contributed by atoms with Gasteiger partial charge in [-0.25, -0.2) is 0 Å². The maximum Gasteiger partial charge on any atom is 0.245 e. The van der Waals surface area contributed by atoms with Gasteiger partial charge in [-0.05, 0) is 43.7 Å². The number of piperidine rings is 1. The topological polar surface area (TPSA) is 45.5 Å². The largest absolute Gasteiger partial charge is 0.389 e. The summed E-state index contributed by atoms with van der Waals surface area (Å²) in [6, 6.07) is 3.85. The highest BCUT2D eigenvalue weighted by Gasteiger charge is 2.44. The molecule has 4 heteroatoms. The number of rotatable bonds is 4. The number of aliphatic hydroxyl groups is 1. The molecule has 23 heavy (non-hydrogen) atoms. The van der Waals surface area contributed by atoms with Crippen molar-refractivity contribution >= 4 is 5.91 Å². The highest BCUT2D eigenvalue weighted by Crippen LogP contribution is 2.40. The minimum absolute atomic E-state index is 0.111. The summed E-state index contributed by atoms with van der Waals surface area (Å²) in [7, 11) is 0. The first-order valence-electron chi connectivity index (χ1n) is 9.13. The molecule has 2 heterocycles. The molecule has 1 N–H and O–H groups in total. The Bertz CT molecular complexity index is 525. The van der Waals surface area contributed by atoms with Gasteiger partial charge in [0.1, 0.15) is 6.04 Å². The van der Waals surface area contributed by atoms with Gasteiger partial charge in [-0.15, -0.1) is 0 Å². The summed E-state index contributed by atoms with van der Waals surface area (Å²) in [5, 5.41) is 10.8. The number of aromatic nitrogens is 1. The standard InChI is InChI=1S/C19H30N2O2/c1-15(2)13-17(20-10-5-6-11-20)18(22)21-12-9-19(23)8-4-3-7-16(19)14-21/h5-6,10-11,15-17,23H,3-4,7-9,12-14H2,1-2H3. The molecule has 0 aromatic carbocycles. The monoisotopic (exact) mass is 318 g/mol. The first-order valence-corrected chi connectivity index (χ1v) is 9.13. The zero-order valence-electron chi connectivity index (χ0n) is 14.4. The van der Waals surface area contributed by atoms with E-state index in [-0.39, 0.29) is 17.9 Å². The van der Waals surface area contributed by atoms with E-state index in [4.69, 9.17) is 0 Å². The third-order valence-electron chi connectivity index (χ3n) is 5.71. The van der Waals surface area contributed by atoms with E-state index in [1.807, 2.05) is 34.0 Å². The molecule has 1 aliphatic heterocycles. The Morgan fingerprint density at radius 1 is 1.26 bits per heavy atom. The van der Waals surface area contributed by atoms with Crippen molar-refractivity contribution in [3.8, 4) is 0 Å². The van der Waals surface area contributed by atoms with Gasteiger partial charge in [0.15, 0.2) is 0 Å². The van der Waals surface area contributed by atoms with Crippen molar-refractivity contribution in [2.45, 2.75) is 64.0 Å². The van der Waals surface area contributed by atoms with Crippen molar-refractivity contribution in [1.82, 2.24) is 9.47 Å². The van der Waals surface area contributed by atoms with Gasteiger partial charge in [0.2, 0.25) is 5.91 Å². The molecule has 1 aromatic rings. The summed E-state index contributed by atoms with van der Waals surface area (Å²) in [6.07, 6.45) is 9.85. The number of fused-ring (bicyclic) bond motifs is 1. The average molecular weight is 318 g/mol. The van der Waals surface area contributed by atoms with Crippen LogP contribution in [0.4, 0.5) is 0 Å². The number of hydrogen-bond acceptors (Lipinski definition) is 2. The van der Waals surface area contributed by atoms with Crippen LogP contribution in [0.3, 0.4) is 0 Å². The highest BCUT2D eigenvalue weighted by molar-refractivity contribution is 5.80. The molecule has 1 aliphatic carbocycles. The zero-order chi connectivity index (χ0) is 16.4. The normalized spacial score (nSPS) is 29.4. The highest BCUT2D eigenvalue weighted by atomic mass is 16.3. The number of carbonyl (C=O) groups excluding carboxylic acids is 1. The van der Waals surface area contributed by atoms with E-state index in [0.29, 0.717) is 12.5 Å². The van der Waals surface area contributed by atoms with E-state index >= 15 is 0 Å². The lowest BCUT2D eigenvalue weighted by atomic mass is 9.71. The minimum atomic E-state index is -0.518. The summed E-state index contributed by atoms with van der Waals surface area (Å²) in [6.45, 7) is 5.76. The van der Waals surface area contributed by atoms with E-state index in [1.54, 1.807) is 0 Å². The van der Waals surface area contributed by atoms with Gasteiger partial charge >= 0.3 is 0 Å². The van der Waals surface area contributed by atoms with Gasteiger partial charge in [0.25, 0.3) is 0 Å². The molecule has 0 spiro atoms. The quantitative estimate of drug-likeness (QED) is 0.926. The van der Waals surface area contributed by atoms with E-state index < -0.39 is 5.60 Å². The molecule has 4 nitrogen and oxygen atoms in total. The third kappa shape index (κ3) is 3.47. The molecule has 1 aromatic heterocycles. The second-order valence-corrected chi connectivity index (χ2v) is 7.86. The lowest BCUT2D eigenvalue weighted by Gasteiger charge is -2.48. The Hall–Kier alpha value is -1.29. The fourth-order valence-electron chi connectivity index (χ4n) is 4.33. The van der Waals surface area contributed by atoms with Crippen molar-refractivity contribution in [2.24, 2.45) is 11.8 Å². The molecule has 2 aliphatic rings. The van der Waals surface area contributed by atoms with Gasteiger partial charge in [-0.1, -0.05) is 26.7 Å². The maximum absolute atomic E-state index is 13.1. The van der Waals surface area contributed by atoms with Gasteiger partial charge in [0.05, 0.1) is 5.60 Å². The van der Waals surface area contributed by atoms with Gasteiger partial charge in [-0.3, -0.25) is 4.79 Å². The van der Waals surface area contributed by atoms with Gasteiger partial charge < -0.3 is 14.6 Å². The number of nitrogens with zero attached hydrogens (tertiary/aromatic N) is 2. The van der Waals surface area contributed by atoms with E-state index in [0.717, 1.165) is 38.6 Å². The Balaban J connectivity index is 1.73. The summed E-state index contributed by atoms with van der Waals surface area (Å²) in [4.78, 5) is 15.1. The predicted molar refractivity (Wildman–Crippen MR) is 91.0 cm³/mol. The van der Waals surface area contributed by atoms with Crippen LogP contribution >= 0.6 is 0 Å². The second kappa shape index (κ2) is 6.68. The number of likely N-dealkylation sites (tertiary alicyclic amines) is 1. The zero-order valence-corrected chi connectivity index (χ0v) is 14.4. The van der Waals surface area contributed by atoms with E-state index in [2.05, 4.69) is 13.8 Å². The van der Waals surface area contributed by atoms with Gasteiger partial charge in [0, 0.05) is 31.4 Å².